The van der Waals surface area contributed by atoms with Crippen LogP contribution in [-0.2, 0) is 6.54 Å². The SMILES string of the molecule is CNCc1ccc(Oc2cc(Br)ccc2C)cc1. The Morgan fingerprint density at radius 2 is 1.83 bits per heavy atom. The summed E-state index contributed by atoms with van der Waals surface area (Å²) in [7, 11) is 1.94. The van der Waals surface area contributed by atoms with Gasteiger partial charge in [0.1, 0.15) is 11.5 Å². The first-order valence-electron chi connectivity index (χ1n) is 5.86. The summed E-state index contributed by atoms with van der Waals surface area (Å²) in [5.41, 5.74) is 2.37. The van der Waals surface area contributed by atoms with Crippen molar-refractivity contribution in [2.24, 2.45) is 0 Å². The topological polar surface area (TPSA) is 21.3 Å². The van der Waals surface area contributed by atoms with Crippen molar-refractivity contribution in [3.63, 3.8) is 0 Å². The minimum Gasteiger partial charge on any atom is -0.457 e. The predicted octanol–water partition coefficient (Wildman–Crippen LogP) is 4.27. The maximum absolute atomic E-state index is 5.87. The first kappa shape index (κ1) is 13.1. The normalized spacial score (nSPS) is 10.4. The van der Waals surface area contributed by atoms with Gasteiger partial charge in [-0.3, -0.25) is 0 Å². The molecule has 3 heteroatoms. The molecule has 0 heterocycles. The van der Waals surface area contributed by atoms with E-state index >= 15 is 0 Å². The van der Waals surface area contributed by atoms with Gasteiger partial charge in [0.05, 0.1) is 0 Å². The van der Waals surface area contributed by atoms with E-state index in [9.17, 15) is 0 Å². The zero-order chi connectivity index (χ0) is 13.0. The highest BCUT2D eigenvalue weighted by Crippen LogP contribution is 2.28. The van der Waals surface area contributed by atoms with E-state index in [1.54, 1.807) is 0 Å². The van der Waals surface area contributed by atoms with Crippen LogP contribution in [0.1, 0.15) is 11.1 Å². The minimum absolute atomic E-state index is 0.857. The number of hydrogen-bond donors (Lipinski definition) is 1. The number of halogens is 1. The van der Waals surface area contributed by atoms with Crippen molar-refractivity contribution in [3.05, 3.63) is 58.1 Å². The molecule has 2 rings (SSSR count). The zero-order valence-corrected chi connectivity index (χ0v) is 12.1. The lowest BCUT2D eigenvalue weighted by molar-refractivity contribution is 0.478. The van der Waals surface area contributed by atoms with Crippen LogP contribution in [0.15, 0.2) is 46.9 Å². The van der Waals surface area contributed by atoms with Gasteiger partial charge in [0.25, 0.3) is 0 Å². The molecule has 2 aromatic rings. The Labute approximate surface area is 116 Å². The van der Waals surface area contributed by atoms with Crippen LogP contribution in [0.25, 0.3) is 0 Å². The van der Waals surface area contributed by atoms with Crippen LogP contribution in [0.4, 0.5) is 0 Å². The Bertz CT molecular complexity index is 523. The van der Waals surface area contributed by atoms with Crippen molar-refractivity contribution in [2.75, 3.05) is 7.05 Å². The molecule has 0 aliphatic heterocycles. The highest BCUT2D eigenvalue weighted by Gasteiger charge is 2.02. The summed E-state index contributed by atoms with van der Waals surface area (Å²) in [6.07, 6.45) is 0. The fraction of sp³-hybridized carbons (Fsp3) is 0.200. The molecule has 0 unspecified atom stereocenters. The van der Waals surface area contributed by atoms with E-state index in [0.717, 1.165) is 28.1 Å². The lowest BCUT2D eigenvalue weighted by Crippen LogP contribution is -2.04. The molecule has 0 atom stereocenters. The third-order valence-electron chi connectivity index (χ3n) is 2.68. The summed E-state index contributed by atoms with van der Waals surface area (Å²) in [5, 5.41) is 3.12. The molecule has 0 saturated heterocycles. The number of aryl methyl sites for hydroxylation is 1. The van der Waals surface area contributed by atoms with E-state index < -0.39 is 0 Å². The lowest BCUT2D eigenvalue weighted by atomic mass is 10.2. The lowest BCUT2D eigenvalue weighted by Gasteiger charge is -2.09. The van der Waals surface area contributed by atoms with Crippen molar-refractivity contribution in [1.29, 1.82) is 0 Å². The van der Waals surface area contributed by atoms with E-state index in [2.05, 4.69) is 33.4 Å². The summed E-state index contributed by atoms with van der Waals surface area (Å²) in [6.45, 7) is 2.91. The van der Waals surface area contributed by atoms with Crippen molar-refractivity contribution in [3.8, 4) is 11.5 Å². The molecule has 0 bridgehead atoms. The van der Waals surface area contributed by atoms with Crippen LogP contribution in [0.3, 0.4) is 0 Å². The maximum atomic E-state index is 5.87. The quantitative estimate of drug-likeness (QED) is 0.911. The largest absolute Gasteiger partial charge is 0.457 e. The number of nitrogens with one attached hydrogen (secondary N) is 1. The van der Waals surface area contributed by atoms with Crippen LogP contribution < -0.4 is 10.1 Å². The first-order chi connectivity index (χ1) is 8.69. The molecular formula is C15H16BrNO. The number of rotatable bonds is 4. The average Bonchev–Trinajstić information content (AvgIpc) is 2.37. The third kappa shape index (κ3) is 3.34. The van der Waals surface area contributed by atoms with Gasteiger partial charge >= 0.3 is 0 Å². The van der Waals surface area contributed by atoms with Crippen molar-refractivity contribution in [1.82, 2.24) is 5.32 Å². The molecule has 0 spiro atoms. The van der Waals surface area contributed by atoms with Crippen molar-refractivity contribution < 1.29 is 4.74 Å². The van der Waals surface area contributed by atoms with Crippen molar-refractivity contribution >= 4 is 15.9 Å². The Morgan fingerprint density at radius 3 is 2.50 bits per heavy atom. The van der Waals surface area contributed by atoms with Crippen molar-refractivity contribution in [2.45, 2.75) is 13.5 Å². The molecule has 0 aromatic heterocycles. The van der Waals surface area contributed by atoms with E-state index in [-0.39, 0.29) is 0 Å². The van der Waals surface area contributed by atoms with Gasteiger partial charge in [0.2, 0.25) is 0 Å². The van der Waals surface area contributed by atoms with E-state index in [4.69, 9.17) is 4.74 Å². The zero-order valence-electron chi connectivity index (χ0n) is 10.5. The molecule has 0 aliphatic carbocycles. The summed E-state index contributed by atoms with van der Waals surface area (Å²) in [4.78, 5) is 0. The smallest absolute Gasteiger partial charge is 0.131 e. The molecule has 2 aromatic carbocycles. The molecule has 0 fully saturated rings. The second-order valence-electron chi connectivity index (χ2n) is 4.19. The highest BCUT2D eigenvalue weighted by atomic mass is 79.9. The molecule has 2 nitrogen and oxygen atoms in total. The van der Waals surface area contributed by atoms with Crippen LogP contribution in [0, 0.1) is 6.92 Å². The van der Waals surface area contributed by atoms with Gasteiger partial charge in [0, 0.05) is 11.0 Å². The van der Waals surface area contributed by atoms with Crippen LogP contribution in [-0.4, -0.2) is 7.05 Å². The average molecular weight is 306 g/mol. The molecule has 0 amide bonds. The van der Waals surface area contributed by atoms with Gasteiger partial charge < -0.3 is 10.1 Å². The van der Waals surface area contributed by atoms with Crippen LogP contribution in [0.2, 0.25) is 0 Å². The summed E-state index contributed by atoms with van der Waals surface area (Å²) in [6, 6.07) is 14.2. The fourth-order valence-electron chi connectivity index (χ4n) is 1.69. The second kappa shape index (κ2) is 6.03. The second-order valence-corrected chi connectivity index (χ2v) is 5.10. The molecule has 0 radical (unpaired) electrons. The Hall–Kier alpha value is -1.32. The standard InChI is InChI=1S/C15H16BrNO/c1-11-3-6-13(16)9-15(11)18-14-7-4-12(5-8-14)10-17-2/h3-9,17H,10H2,1-2H3. The van der Waals surface area contributed by atoms with Crippen LogP contribution >= 0.6 is 15.9 Å². The van der Waals surface area contributed by atoms with E-state index in [1.807, 2.05) is 44.3 Å². The molecule has 18 heavy (non-hydrogen) atoms. The Morgan fingerprint density at radius 1 is 1.11 bits per heavy atom. The number of benzene rings is 2. The van der Waals surface area contributed by atoms with E-state index in [1.165, 1.54) is 5.56 Å². The molecular weight excluding hydrogens is 290 g/mol. The van der Waals surface area contributed by atoms with Gasteiger partial charge in [0.15, 0.2) is 0 Å². The number of ether oxygens (including phenoxy) is 1. The minimum atomic E-state index is 0.857. The van der Waals surface area contributed by atoms with Gasteiger partial charge in [-0.05, 0) is 49.4 Å². The third-order valence-corrected chi connectivity index (χ3v) is 3.18. The monoisotopic (exact) mass is 305 g/mol. The van der Waals surface area contributed by atoms with Gasteiger partial charge in [-0.15, -0.1) is 0 Å². The van der Waals surface area contributed by atoms with E-state index in [0.29, 0.717) is 0 Å². The number of hydrogen-bond acceptors (Lipinski definition) is 2. The summed E-state index contributed by atoms with van der Waals surface area (Å²) in [5.74, 6) is 1.74. The molecule has 0 aliphatic rings. The summed E-state index contributed by atoms with van der Waals surface area (Å²) >= 11 is 3.45. The Balaban J connectivity index is 2.15. The van der Waals surface area contributed by atoms with Gasteiger partial charge in [-0.1, -0.05) is 34.1 Å². The Kier molecular flexibility index (Phi) is 4.39. The first-order valence-corrected chi connectivity index (χ1v) is 6.66. The summed E-state index contributed by atoms with van der Waals surface area (Å²) < 4.78 is 6.90. The fourth-order valence-corrected chi connectivity index (χ4v) is 2.03. The molecule has 94 valence electrons. The predicted molar refractivity (Wildman–Crippen MR) is 78.2 cm³/mol. The molecule has 0 saturated carbocycles. The molecule has 1 N–H and O–H groups in total. The maximum Gasteiger partial charge on any atom is 0.131 e. The van der Waals surface area contributed by atoms with Gasteiger partial charge in [-0.25, -0.2) is 0 Å². The highest BCUT2D eigenvalue weighted by molar-refractivity contribution is 9.10. The van der Waals surface area contributed by atoms with Gasteiger partial charge in [-0.2, -0.15) is 0 Å². The van der Waals surface area contributed by atoms with Crippen LogP contribution in [0.5, 0.6) is 11.5 Å².